The van der Waals surface area contributed by atoms with Crippen molar-refractivity contribution in [2.75, 3.05) is 6.54 Å². The van der Waals surface area contributed by atoms with E-state index in [4.69, 9.17) is 28.9 Å². The van der Waals surface area contributed by atoms with Crippen LogP contribution in [0.25, 0.3) is 0 Å². The second-order valence-corrected chi connectivity index (χ2v) is 6.10. The van der Waals surface area contributed by atoms with Gasteiger partial charge < -0.3 is 5.73 Å². The van der Waals surface area contributed by atoms with E-state index >= 15 is 0 Å². The van der Waals surface area contributed by atoms with Crippen molar-refractivity contribution in [3.63, 3.8) is 0 Å². The van der Waals surface area contributed by atoms with Crippen LogP contribution in [0.5, 0.6) is 0 Å². The zero-order valence-corrected chi connectivity index (χ0v) is 12.2. The lowest BCUT2D eigenvalue weighted by molar-refractivity contribution is 0.380. The summed E-state index contributed by atoms with van der Waals surface area (Å²) in [5, 5.41) is 1.46. The molecule has 1 aliphatic rings. The number of rotatable bonds is 3. The van der Waals surface area contributed by atoms with Crippen molar-refractivity contribution in [3.05, 3.63) is 33.8 Å². The van der Waals surface area contributed by atoms with Gasteiger partial charge in [0.15, 0.2) is 0 Å². The maximum atomic E-state index is 6.32. The minimum atomic E-state index is 0.382. The van der Waals surface area contributed by atoms with Gasteiger partial charge in [-0.1, -0.05) is 55.0 Å². The number of halogens is 2. The third-order valence-corrected chi connectivity index (χ3v) is 4.65. The third-order valence-electron chi connectivity index (χ3n) is 4.08. The highest BCUT2D eigenvalue weighted by atomic mass is 35.5. The maximum Gasteiger partial charge on any atom is 0.0456 e. The molecule has 0 saturated heterocycles. The third kappa shape index (κ3) is 3.40. The first-order valence-corrected chi connectivity index (χ1v) is 7.63. The monoisotopic (exact) mass is 285 g/mol. The van der Waals surface area contributed by atoms with Gasteiger partial charge in [-0.3, -0.25) is 0 Å². The van der Waals surface area contributed by atoms with Crippen LogP contribution in [0.4, 0.5) is 0 Å². The summed E-state index contributed by atoms with van der Waals surface area (Å²) < 4.78 is 0. The molecule has 1 saturated carbocycles. The van der Waals surface area contributed by atoms with Crippen molar-refractivity contribution in [2.45, 2.75) is 44.4 Å². The van der Waals surface area contributed by atoms with Crippen LogP contribution in [0.2, 0.25) is 10.0 Å². The summed E-state index contributed by atoms with van der Waals surface area (Å²) in [7, 11) is 0. The molecular formula is C15H21Cl2N. The van der Waals surface area contributed by atoms with E-state index in [0.29, 0.717) is 23.4 Å². The van der Waals surface area contributed by atoms with Gasteiger partial charge >= 0.3 is 0 Å². The van der Waals surface area contributed by atoms with Crippen LogP contribution < -0.4 is 5.73 Å². The standard InChI is InChI=1S/C15H21Cl2N/c16-12-7-8-13(15(17)9-12)14(10-18)11-5-3-1-2-4-6-11/h7-9,11,14H,1-6,10,18H2. The molecule has 1 nitrogen and oxygen atoms in total. The number of hydrogen-bond acceptors (Lipinski definition) is 1. The molecule has 0 spiro atoms. The molecule has 2 rings (SSSR count). The molecule has 0 aromatic heterocycles. The highest BCUT2D eigenvalue weighted by Crippen LogP contribution is 2.38. The lowest BCUT2D eigenvalue weighted by atomic mass is 9.81. The fourth-order valence-electron chi connectivity index (χ4n) is 3.09. The van der Waals surface area contributed by atoms with Crippen molar-refractivity contribution < 1.29 is 0 Å². The van der Waals surface area contributed by atoms with Gasteiger partial charge in [-0.05, 0) is 43.0 Å². The van der Waals surface area contributed by atoms with E-state index < -0.39 is 0 Å². The van der Waals surface area contributed by atoms with Gasteiger partial charge in [-0.2, -0.15) is 0 Å². The highest BCUT2D eigenvalue weighted by molar-refractivity contribution is 6.35. The molecule has 0 amide bonds. The predicted octanol–water partition coefficient (Wildman–Crippen LogP) is 5.01. The normalized spacial score (nSPS) is 19.5. The highest BCUT2D eigenvalue weighted by Gasteiger charge is 2.24. The SMILES string of the molecule is NCC(c1ccc(Cl)cc1Cl)C1CCCCCC1. The Bertz CT molecular complexity index is 384. The predicted molar refractivity (Wildman–Crippen MR) is 79.4 cm³/mol. The molecule has 0 heterocycles. The molecule has 100 valence electrons. The average Bonchev–Trinajstić information content (AvgIpc) is 2.62. The fourth-order valence-corrected chi connectivity index (χ4v) is 3.64. The van der Waals surface area contributed by atoms with Crippen LogP contribution in [-0.2, 0) is 0 Å². The van der Waals surface area contributed by atoms with Crippen LogP contribution in [0.3, 0.4) is 0 Å². The quantitative estimate of drug-likeness (QED) is 0.777. The zero-order chi connectivity index (χ0) is 13.0. The summed E-state index contributed by atoms with van der Waals surface area (Å²) in [4.78, 5) is 0. The summed E-state index contributed by atoms with van der Waals surface area (Å²) in [5.41, 5.74) is 7.18. The van der Waals surface area contributed by atoms with Crippen LogP contribution >= 0.6 is 23.2 Å². The summed E-state index contributed by atoms with van der Waals surface area (Å²) >= 11 is 12.3. The van der Waals surface area contributed by atoms with E-state index in [1.807, 2.05) is 18.2 Å². The lowest BCUT2D eigenvalue weighted by Gasteiger charge is -2.26. The van der Waals surface area contributed by atoms with E-state index in [-0.39, 0.29) is 0 Å². The molecule has 1 unspecified atom stereocenters. The number of benzene rings is 1. The van der Waals surface area contributed by atoms with Crippen molar-refractivity contribution in [1.29, 1.82) is 0 Å². The Labute approximate surface area is 120 Å². The molecule has 2 N–H and O–H groups in total. The first-order chi connectivity index (χ1) is 8.72. The van der Waals surface area contributed by atoms with Gasteiger partial charge in [0.25, 0.3) is 0 Å². The Morgan fingerprint density at radius 1 is 1.11 bits per heavy atom. The van der Waals surface area contributed by atoms with Crippen LogP contribution in [0, 0.1) is 5.92 Å². The van der Waals surface area contributed by atoms with Crippen molar-refractivity contribution in [1.82, 2.24) is 0 Å². The van der Waals surface area contributed by atoms with Gasteiger partial charge in [-0.25, -0.2) is 0 Å². The van der Waals surface area contributed by atoms with E-state index in [1.54, 1.807) is 0 Å². The summed E-state index contributed by atoms with van der Waals surface area (Å²) in [6.07, 6.45) is 7.94. The van der Waals surface area contributed by atoms with E-state index in [2.05, 4.69) is 0 Å². The molecule has 1 aliphatic carbocycles. The Balaban J connectivity index is 2.20. The van der Waals surface area contributed by atoms with Gasteiger partial charge in [-0.15, -0.1) is 0 Å². The van der Waals surface area contributed by atoms with Gasteiger partial charge in [0, 0.05) is 16.0 Å². The first kappa shape index (κ1) is 14.2. The first-order valence-electron chi connectivity index (χ1n) is 6.87. The van der Waals surface area contributed by atoms with E-state index in [0.717, 1.165) is 5.02 Å². The summed E-state index contributed by atoms with van der Waals surface area (Å²) in [5.74, 6) is 1.06. The molecule has 1 aromatic carbocycles. The largest absolute Gasteiger partial charge is 0.330 e. The summed E-state index contributed by atoms with van der Waals surface area (Å²) in [6.45, 7) is 0.673. The van der Waals surface area contributed by atoms with Crippen LogP contribution in [-0.4, -0.2) is 6.54 Å². The summed E-state index contributed by atoms with van der Waals surface area (Å²) in [6, 6.07) is 5.80. The van der Waals surface area contributed by atoms with Crippen molar-refractivity contribution in [2.24, 2.45) is 11.7 Å². The number of nitrogens with two attached hydrogens (primary N) is 1. The Morgan fingerprint density at radius 2 is 1.78 bits per heavy atom. The lowest BCUT2D eigenvalue weighted by Crippen LogP contribution is -2.21. The average molecular weight is 286 g/mol. The molecule has 1 aromatic rings. The smallest absolute Gasteiger partial charge is 0.0456 e. The Kier molecular flexibility index (Phi) is 5.35. The van der Waals surface area contributed by atoms with Crippen LogP contribution in [0.1, 0.15) is 50.0 Å². The second kappa shape index (κ2) is 6.79. The van der Waals surface area contributed by atoms with E-state index in [1.165, 1.54) is 44.1 Å². The minimum Gasteiger partial charge on any atom is -0.330 e. The molecule has 1 fully saturated rings. The minimum absolute atomic E-state index is 0.382. The fraction of sp³-hybridized carbons (Fsp3) is 0.600. The molecule has 0 aliphatic heterocycles. The van der Waals surface area contributed by atoms with Gasteiger partial charge in [0.05, 0.1) is 0 Å². The van der Waals surface area contributed by atoms with Gasteiger partial charge in [0.1, 0.15) is 0 Å². The van der Waals surface area contributed by atoms with Crippen molar-refractivity contribution >= 4 is 23.2 Å². The number of hydrogen-bond donors (Lipinski definition) is 1. The Morgan fingerprint density at radius 3 is 2.33 bits per heavy atom. The molecule has 18 heavy (non-hydrogen) atoms. The Hall–Kier alpha value is -0.240. The van der Waals surface area contributed by atoms with Crippen molar-refractivity contribution in [3.8, 4) is 0 Å². The topological polar surface area (TPSA) is 26.0 Å². The second-order valence-electron chi connectivity index (χ2n) is 5.26. The van der Waals surface area contributed by atoms with Crippen LogP contribution in [0.15, 0.2) is 18.2 Å². The maximum absolute atomic E-state index is 6.32. The molecule has 3 heteroatoms. The molecular weight excluding hydrogens is 265 g/mol. The van der Waals surface area contributed by atoms with Gasteiger partial charge in [0.2, 0.25) is 0 Å². The molecule has 0 bridgehead atoms. The molecule has 0 radical (unpaired) electrons. The molecule has 1 atom stereocenters. The van der Waals surface area contributed by atoms with E-state index in [9.17, 15) is 0 Å². The zero-order valence-electron chi connectivity index (χ0n) is 10.7.